The lowest BCUT2D eigenvalue weighted by Gasteiger charge is -2.06. The molecule has 0 bridgehead atoms. The summed E-state index contributed by atoms with van der Waals surface area (Å²) >= 11 is 5.80. The van der Waals surface area contributed by atoms with E-state index in [1.54, 1.807) is 24.3 Å². The predicted molar refractivity (Wildman–Crippen MR) is 68.2 cm³/mol. The lowest BCUT2D eigenvalue weighted by molar-refractivity contribution is 0.0593. The maximum Gasteiger partial charge on any atom is 0.358 e. The van der Waals surface area contributed by atoms with Crippen LogP contribution in [-0.2, 0) is 4.74 Å². The molecular weight excluding hydrogens is 254 g/mol. The first-order valence-corrected chi connectivity index (χ1v) is 5.46. The fourth-order valence-corrected chi connectivity index (χ4v) is 1.55. The third-order valence-electron chi connectivity index (χ3n) is 2.31. The highest BCUT2D eigenvalue weighted by Gasteiger charge is 2.12. The molecule has 2 aromatic rings. The molecule has 0 saturated carbocycles. The van der Waals surface area contributed by atoms with E-state index in [0.717, 1.165) is 5.56 Å². The van der Waals surface area contributed by atoms with Crippen molar-refractivity contribution in [3.05, 3.63) is 41.2 Å². The Labute approximate surface area is 109 Å². The van der Waals surface area contributed by atoms with E-state index in [1.807, 2.05) is 0 Å². The van der Waals surface area contributed by atoms with Crippen LogP contribution >= 0.6 is 11.6 Å². The van der Waals surface area contributed by atoms with E-state index < -0.39 is 5.97 Å². The Morgan fingerprint density at radius 2 is 2.00 bits per heavy atom. The van der Waals surface area contributed by atoms with Crippen molar-refractivity contribution in [2.75, 3.05) is 12.8 Å². The summed E-state index contributed by atoms with van der Waals surface area (Å²) in [6.45, 7) is 0. The highest BCUT2D eigenvalue weighted by Crippen LogP contribution is 2.23. The van der Waals surface area contributed by atoms with Gasteiger partial charge in [-0.15, -0.1) is 0 Å². The van der Waals surface area contributed by atoms with Crippen LogP contribution in [0.3, 0.4) is 0 Å². The fourth-order valence-electron chi connectivity index (χ4n) is 1.42. The Balaban J connectivity index is 2.49. The molecule has 0 aliphatic rings. The molecule has 2 rings (SSSR count). The van der Waals surface area contributed by atoms with Gasteiger partial charge in [0.2, 0.25) is 0 Å². The number of carbonyl (C=O) groups is 1. The average molecular weight is 264 g/mol. The number of rotatable bonds is 2. The molecule has 0 unspecified atom stereocenters. The molecule has 1 aromatic heterocycles. The van der Waals surface area contributed by atoms with Gasteiger partial charge in [-0.05, 0) is 12.1 Å². The minimum atomic E-state index is -0.558. The second-order valence-electron chi connectivity index (χ2n) is 3.49. The number of hydrogen-bond donors (Lipinski definition) is 1. The molecule has 1 aromatic carbocycles. The summed E-state index contributed by atoms with van der Waals surface area (Å²) in [6, 6.07) is 6.93. The molecule has 5 nitrogen and oxygen atoms in total. The van der Waals surface area contributed by atoms with Crippen molar-refractivity contribution in [1.29, 1.82) is 0 Å². The van der Waals surface area contributed by atoms with Gasteiger partial charge in [0.25, 0.3) is 0 Å². The third kappa shape index (κ3) is 2.41. The molecule has 2 N–H and O–H groups in total. The Morgan fingerprint density at radius 3 is 2.61 bits per heavy atom. The van der Waals surface area contributed by atoms with Crippen LogP contribution in [0.4, 0.5) is 5.82 Å². The Hall–Kier alpha value is -2.14. The first-order valence-electron chi connectivity index (χ1n) is 5.08. The number of ether oxygens (including phenoxy) is 1. The van der Waals surface area contributed by atoms with Gasteiger partial charge in [0.05, 0.1) is 13.3 Å². The first-order chi connectivity index (χ1) is 8.61. The third-order valence-corrected chi connectivity index (χ3v) is 2.56. The molecular formula is C12H10ClN3O2. The van der Waals surface area contributed by atoms with Crippen molar-refractivity contribution in [2.24, 2.45) is 0 Å². The standard InChI is InChI=1S/C12H10ClN3O2/c1-18-12(17)9-6-15-11(14)10(16-9)7-2-4-8(13)5-3-7/h2-6H,1H3,(H2,14,15). The number of esters is 1. The van der Waals surface area contributed by atoms with Crippen LogP contribution in [-0.4, -0.2) is 23.0 Å². The number of carbonyl (C=O) groups excluding carboxylic acids is 1. The zero-order chi connectivity index (χ0) is 13.1. The van der Waals surface area contributed by atoms with Crippen LogP contribution in [0, 0.1) is 0 Å². The smallest absolute Gasteiger partial charge is 0.358 e. The maximum absolute atomic E-state index is 11.4. The fraction of sp³-hybridized carbons (Fsp3) is 0.0833. The molecule has 0 atom stereocenters. The monoisotopic (exact) mass is 263 g/mol. The maximum atomic E-state index is 11.4. The molecule has 6 heteroatoms. The van der Waals surface area contributed by atoms with E-state index >= 15 is 0 Å². The molecule has 0 aliphatic carbocycles. The quantitative estimate of drug-likeness (QED) is 0.840. The van der Waals surface area contributed by atoms with Gasteiger partial charge < -0.3 is 10.5 Å². The van der Waals surface area contributed by atoms with Crippen LogP contribution in [0.5, 0.6) is 0 Å². The zero-order valence-corrected chi connectivity index (χ0v) is 10.3. The summed E-state index contributed by atoms with van der Waals surface area (Å²) in [5.74, 6) is -0.317. The van der Waals surface area contributed by atoms with E-state index in [4.69, 9.17) is 17.3 Å². The second-order valence-corrected chi connectivity index (χ2v) is 3.92. The van der Waals surface area contributed by atoms with Gasteiger partial charge in [-0.25, -0.2) is 14.8 Å². The number of aromatic nitrogens is 2. The van der Waals surface area contributed by atoms with Crippen molar-refractivity contribution < 1.29 is 9.53 Å². The SMILES string of the molecule is COC(=O)c1cnc(N)c(-c2ccc(Cl)cc2)n1. The first kappa shape index (κ1) is 12.3. The number of benzene rings is 1. The van der Waals surface area contributed by atoms with Gasteiger partial charge >= 0.3 is 5.97 Å². The van der Waals surface area contributed by atoms with Crippen LogP contribution in [0.15, 0.2) is 30.5 Å². The van der Waals surface area contributed by atoms with E-state index in [0.29, 0.717) is 10.7 Å². The number of hydrogen-bond acceptors (Lipinski definition) is 5. The summed E-state index contributed by atoms with van der Waals surface area (Å²) in [7, 11) is 1.28. The molecule has 18 heavy (non-hydrogen) atoms. The molecule has 0 amide bonds. The van der Waals surface area contributed by atoms with E-state index in [1.165, 1.54) is 13.3 Å². The molecule has 0 fully saturated rings. The number of nitrogens with two attached hydrogens (primary N) is 1. The van der Waals surface area contributed by atoms with Gasteiger partial charge in [-0.2, -0.15) is 0 Å². The van der Waals surface area contributed by atoms with E-state index in [2.05, 4.69) is 14.7 Å². The minimum absolute atomic E-state index is 0.108. The number of nitrogen functional groups attached to an aromatic ring is 1. The Morgan fingerprint density at radius 1 is 1.33 bits per heavy atom. The van der Waals surface area contributed by atoms with Gasteiger partial charge in [-0.1, -0.05) is 23.7 Å². The van der Waals surface area contributed by atoms with Crippen molar-refractivity contribution in [2.45, 2.75) is 0 Å². The van der Waals surface area contributed by atoms with Crippen LogP contribution in [0.25, 0.3) is 11.3 Å². The highest BCUT2D eigenvalue weighted by molar-refractivity contribution is 6.30. The van der Waals surface area contributed by atoms with E-state index in [9.17, 15) is 4.79 Å². The van der Waals surface area contributed by atoms with Crippen molar-refractivity contribution in [3.63, 3.8) is 0 Å². The number of halogens is 1. The summed E-state index contributed by atoms with van der Waals surface area (Å²) < 4.78 is 4.58. The number of methoxy groups -OCH3 is 1. The van der Waals surface area contributed by atoms with Crippen molar-refractivity contribution >= 4 is 23.4 Å². The van der Waals surface area contributed by atoms with Gasteiger partial charge in [0.1, 0.15) is 11.5 Å². The topological polar surface area (TPSA) is 78.1 Å². The van der Waals surface area contributed by atoms with Crippen LogP contribution in [0.1, 0.15) is 10.5 Å². The molecule has 0 saturated heterocycles. The lowest BCUT2D eigenvalue weighted by atomic mass is 10.1. The Kier molecular flexibility index (Phi) is 3.43. The Bertz CT molecular complexity index is 584. The van der Waals surface area contributed by atoms with Gasteiger partial charge in [-0.3, -0.25) is 0 Å². The number of nitrogens with zero attached hydrogens (tertiary/aromatic N) is 2. The van der Waals surface area contributed by atoms with E-state index in [-0.39, 0.29) is 11.5 Å². The lowest BCUT2D eigenvalue weighted by Crippen LogP contribution is -2.08. The minimum Gasteiger partial charge on any atom is -0.464 e. The summed E-state index contributed by atoms with van der Waals surface area (Å²) in [5, 5.41) is 0.606. The van der Waals surface area contributed by atoms with Crippen LogP contribution < -0.4 is 5.73 Å². The molecule has 1 heterocycles. The highest BCUT2D eigenvalue weighted by atomic mass is 35.5. The van der Waals surface area contributed by atoms with Gasteiger partial charge in [0, 0.05) is 10.6 Å². The summed E-state index contributed by atoms with van der Waals surface area (Å²) in [4.78, 5) is 19.4. The zero-order valence-electron chi connectivity index (χ0n) is 9.55. The van der Waals surface area contributed by atoms with Crippen LogP contribution in [0.2, 0.25) is 5.02 Å². The van der Waals surface area contributed by atoms with Crippen molar-refractivity contribution in [1.82, 2.24) is 9.97 Å². The van der Waals surface area contributed by atoms with Gasteiger partial charge in [0.15, 0.2) is 5.69 Å². The molecule has 92 valence electrons. The molecule has 0 spiro atoms. The largest absolute Gasteiger partial charge is 0.464 e. The second kappa shape index (κ2) is 5.01. The molecule has 0 radical (unpaired) electrons. The summed E-state index contributed by atoms with van der Waals surface area (Å²) in [6.07, 6.45) is 1.28. The number of anilines is 1. The average Bonchev–Trinajstić information content (AvgIpc) is 2.39. The predicted octanol–water partition coefficient (Wildman–Crippen LogP) is 2.17. The molecule has 0 aliphatic heterocycles. The summed E-state index contributed by atoms with van der Waals surface area (Å²) in [5.41, 5.74) is 7.01. The normalized spacial score (nSPS) is 10.1. The van der Waals surface area contributed by atoms with Crippen molar-refractivity contribution in [3.8, 4) is 11.3 Å².